The van der Waals surface area contributed by atoms with E-state index in [0.29, 0.717) is 21.6 Å². The van der Waals surface area contributed by atoms with Gasteiger partial charge in [-0.1, -0.05) is 37.6 Å². The Morgan fingerprint density at radius 3 is 2.79 bits per heavy atom. The van der Waals surface area contributed by atoms with Crippen molar-refractivity contribution in [2.75, 3.05) is 13.1 Å². The van der Waals surface area contributed by atoms with Crippen molar-refractivity contribution in [2.24, 2.45) is 0 Å². The van der Waals surface area contributed by atoms with Crippen LogP contribution in [0.15, 0.2) is 29.1 Å². The summed E-state index contributed by atoms with van der Waals surface area (Å²) in [7, 11) is 0. The van der Waals surface area contributed by atoms with Crippen LogP contribution < -0.4 is 10.9 Å². The number of carbonyl (C=O) groups excluding carboxylic acids is 1. The van der Waals surface area contributed by atoms with E-state index in [1.54, 1.807) is 0 Å². The highest BCUT2D eigenvalue weighted by atomic mass is 32.1. The second-order valence-electron chi connectivity index (χ2n) is 9.29. The molecule has 1 aromatic carbocycles. The fourth-order valence-electron chi connectivity index (χ4n) is 5.28. The summed E-state index contributed by atoms with van der Waals surface area (Å²) in [5.74, 6) is 0.778. The van der Waals surface area contributed by atoms with E-state index in [1.165, 1.54) is 22.5 Å². The van der Waals surface area contributed by atoms with Crippen LogP contribution in [0.3, 0.4) is 0 Å². The van der Waals surface area contributed by atoms with E-state index in [4.69, 9.17) is 4.98 Å². The van der Waals surface area contributed by atoms with Crippen LogP contribution in [0.25, 0.3) is 10.2 Å². The number of carbonyl (C=O) groups is 1. The molecule has 0 saturated carbocycles. The first-order chi connectivity index (χ1) is 16.1. The van der Waals surface area contributed by atoms with Gasteiger partial charge >= 0.3 is 0 Å². The van der Waals surface area contributed by atoms with E-state index in [0.717, 1.165) is 69.5 Å². The molecule has 0 aliphatic carbocycles. The van der Waals surface area contributed by atoms with Crippen LogP contribution in [0.5, 0.6) is 0 Å². The molecule has 6 nitrogen and oxygen atoms in total. The third-order valence-electron chi connectivity index (χ3n) is 7.26. The SMILES string of the molecule is CCC(CNC(=O)c1sc2nc3n(c(=O)c2c1C)CCCCC3)N1CCc2ccccc2C1. The molecule has 2 aliphatic heterocycles. The van der Waals surface area contributed by atoms with Crippen LogP contribution in [-0.4, -0.2) is 39.5 Å². The van der Waals surface area contributed by atoms with E-state index in [9.17, 15) is 9.59 Å². The van der Waals surface area contributed by atoms with Gasteiger partial charge in [-0.15, -0.1) is 11.3 Å². The van der Waals surface area contributed by atoms with Crippen molar-refractivity contribution in [2.45, 2.75) is 71.5 Å². The highest BCUT2D eigenvalue weighted by Crippen LogP contribution is 2.28. The Hall–Kier alpha value is -2.51. The Morgan fingerprint density at radius 1 is 1.15 bits per heavy atom. The van der Waals surface area contributed by atoms with Gasteiger partial charge in [0.25, 0.3) is 11.5 Å². The van der Waals surface area contributed by atoms with Crippen LogP contribution in [0.4, 0.5) is 0 Å². The number of hydrogen-bond donors (Lipinski definition) is 1. The molecule has 0 saturated heterocycles. The molecule has 1 amide bonds. The molecular formula is C26H32N4O2S. The van der Waals surface area contributed by atoms with E-state index in [2.05, 4.69) is 41.4 Å². The predicted octanol–water partition coefficient (Wildman–Crippen LogP) is 4.06. The molecule has 0 radical (unpaired) electrons. The zero-order valence-corrected chi connectivity index (χ0v) is 20.3. The minimum absolute atomic E-state index is 0.0168. The summed E-state index contributed by atoms with van der Waals surface area (Å²) in [6, 6.07) is 8.93. The van der Waals surface area contributed by atoms with Crippen LogP contribution in [0.2, 0.25) is 0 Å². The zero-order chi connectivity index (χ0) is 22.9. The van der Waals surface area contributed by atoms with Crippen molar-refractivity contribution in [3.63, 3.8) is 0 Å². The molecule has 1 unspecified atom stereocenters. The second-order valence-corrected chi connectivity index (χ2v) is 10.3. The average molecular weight is 465 g/mol. The number of amides is 1. The molecule has 2 aliphatic rings. The van der Waals surface area contributed by atoms with E-state index >= 15 is 0 Å². The maximum Gasteiger partial charge on any atom is 0.262 e. The largest absolute Gasteiger partial charge is 0.350 e. The van der Waals surface area contributed by atoms with Crippen molar-refractivity contribution in [3.8, 4) is 0 Å². The van der Waals surface area contributed by atoms with Crippen LogP contribution in [0, 0.1) is 6.92 Å². The minimum Gasteiger partial charge on any atom is -0.350 e. The number of rotatable bonds is 5. The topological polar surface area (TPSA) is 67.2 Å². The molecule has 0 fully saturated rings. The molecule has 33 heavy (non-hydrogen) atoms. The van der Waals surface area contributed by atoms with Gasteiger partial charge < -0.3 is 5.32 Å². The molecular weight excluding hydrogens is 432 g/mol. The summed E-state index contributed by atoms with van der Waals surface area (Å²) in [5, 5.41) is 3.79. The van der Waals surface area contributed by atoms with E-state index in [-0.39, 0.29) is 17.5 Å². The van der Waals surface area contributed by atoms with Crippen LogP contribution in [0.1, 0.15) is 64.8 Å². The Balaban J connectivity index is 1.33. The van der Waals surface area contributed by atoms with Crippen molar-refractivity contribution >= 4 is 27.5 Å². The number of nitrogens with one attached hydrogen (secondary N) is 1. The molecule has 174 valence electrons. The number of thiophene rings is 1. The second kappa shape index (κ2) is 9.39. The van der Waals surface area contributed by atoms with Gasteiger partial charge in [-0.3, -0.25) is 19.1 Å². The first-order valence-electron chi connectivity index (χ1n) is 12.2. The highest BCUT2D eigenvalue weighted by molar-refractivity contribution is 7.20. The summed E-state index contributed by atoms with van der Waals surface area (Å²) in [5.41, 5.74) is 3.61. The van der Waals surface area contributed by atoms with Crippen LogP contribution >= 0.6 is 11.3 Å². The lowest BCUT2D eigenvalue weighted by atomic mass is 9.98. The fourth-order valence-corrected chi connectivity index (χ4v) is 6.38. The summed E-state index contributed by atoms with van der Waals surface area (Å²) >= 11 is 1.36. The quantitative estimate of drug-likeness (QED) is 0.618. The van der Waals surface area contributed by atoms with Gasteiger partial charge in [-0.25, -0.2) is 4.98 Å². The van der Waals surface area contributed by atoms with Gasteiger partial charge in [0.2, 0.25) is 0 Å². The number of fused-ring (bicyclic) bond motifs is 3. The van der Waals surface area contributed by atoms with Gasteiger partial charge in [0, 0.05) is 38.6 Å². The number of nitrogens with zero attached hydrogens (tertiary/aromatic N) is 3. The van der Waals surface area contributed by atoms with Crippen molar-refractivity contribution in [1.29, 1.82) is 0 Å². The Kier molecular flexibility index (Phi) is 6.34. The maximum absolute atomic E-state index is 13.2. The standard InChI is InChI=1S/C26H32N4O2S/c1-3-20(29-14-12-18-9-6-7-10-19(18)16-29)15-27-24(31)23-17(2)22-25(33-23)28-21-11-5-4-8-13-30(21)26(22)32/h6-7,9-10,20H,3-5,8,11-16H2,1-2H3,(H,27,31). The number of hydrogen-bond acceptors (Lipinski definition) is 5. The van der Waals surface area contributed by atoms with E-state index in [1.807, 2.05) is 11.5 Å². The lowest BCUT2D eigenvalue weighted by Gasteiger charge is -2.35. The van der Waals surface area contributed by atoms with Crippen molar-refractivity contribution in [3.05, 3.63) is 62.0 Å². The zero-order valence-electron chi connectivity index (χ0n) is 19.5. The summed E-state index contributed by atoms with van der Waals surface area (Å²) in [6.45, 7) is 7.34. The lowest BCUT2D eigenvalue weighted by Crippen LogP contribution is -2.45. The Morgan fingerprint density at radius 2 is 1.97 bits per heavy atom. The number of aryl methyl sites for hydroxylation is 2. The Labute approximate surface area is 198 Å². The first-order valence-corrected chi connectivity index (χ1v) is 13.0. The van der Waals surface area contributed by atoms with Gasteiger partial charge in [-0.2, -0.15) is 0 Å². The molecule has 4 heterocycles. The molecule has 1 N–H and O–H groups in total. The average Bonchev–Trinajstić information content (AvgIpc) is 3.00. The normalized spacial score (nSPS) is 17.3. The molecule has 0 spiro atoms. The van der Waals surface area contributed by atoms with Gasteiger partial charge in [0.05, 0.1) is 10.3 Å². The monoisotopic (exact) mass is 464 g/mol. The van der Waals surface area contributed by atoms with Gasteiger partial charge in [0.1, 0.15) is 10.7 Å². The fraction of sp³-hybridized carbons (Fsp3) is 0.500. The first kappa shape index (κ1) is 22.3. The van der Waals surface area contributed by atoms with Gasteiger partial charge in [0.15, 0.2) is 0 Å². The smallest absolute Gasteiger partial charge is 0.262 e. The lowest BCUT2D eigenvalue weighted by molar-refractivity contribution is 0.0930. The molecule has 0 bridgehead atoms. The summed E-state index contributed by atoms with van der Waals surface area (Å²) in [6.07, 6.45) is 6.07. The molecule has 1 atom stereocenters. The van der Waals surface area contributed by atoms with Crippen LogP contribution in [-0.2, 0) is 25.9 Å². The van der Waals surface area contributed by atoms with E-state index < -0.39 is 0 Å². The molecule has 3 aromatic rings. The minimum atomic E-state index is -0.0917. The summed E-state index contributed by atoms with van der Waals surface area (Å²) < 4.78 is 1.83. The summed E-state index contributed by atoms with van der Waals surface area (Å²) in [4.78, 5) is 35.0. The molecule has 7 heteroatoms. The number of benzene rings is 1. The molecule has 5 rings (SSSR count). The highest BCUT2D eigenvalue weighted by Gasteiger charge is 2.25. The third-order valence-corrected chi connectivity index (χ3v) is 8.45. The predicted molar refractivity (Wildman–Crippen MR) is 133 cm³/mol. The molecule has 2 aromatic heterocycles. The third kappa shape index (κ3) is 4.24. The number of aromatic nitrogens is 2. The van der Waals surface area contributed by atoms with Gasteiger partial charge in [-0.05, 0) is 49.3 Å². The Bertz CT molecular complexity index is 1250. The van der Waals surface area contributed by atoms with Crippen molar-refractivity contribution < 1.29 is 4.79 Å². The maximum atomic E-state index is 13.2. The van der Waals surface area contributed by atoms with Crippen molar-refractivity contribution in [1.82, 2.24) is 19.8 Å².